The van der Waals surface area contributed by atoms with Crippen molar-refractivity contribution in [2.45, 2.75) is 44.0 Å². The molecule has 1 aliphatic rings. The van der Waals surface area contributed by atoms with Gasteiger partial charge in [0.2, 0.25) is 10.0 Å². The molecule has 0 unspecified atom stereocenters. The molecule has 0 saturated heterocycles. The largest absolute Gasteiger partial charge is 0.313 e. The Morgan fingerprint density at radius 1 is 1.26 bits per heavy atom. The highest BCUT2D eigenvalue weighted by Gasteiger charge is 2.18. The van der Waals surface area contributed by atoms with Gasteiger partial charge in [-0.05, 0) is 56.0 Å². The van der Waals surface area contributed by atoms with Crippen molar-refractivity contribution < 1.29 is 8.42 Å². The number of benzene rings is 1. The van der Waals surface area contributed by atoms with E-state index in [9.17, 15) is 8.42 Å². The van der Waals surface area contributed by atoms with E-state index in [1.165, 1.54) is 11.1 Å². The van der Waals surface area contributed by atoms with E-state index in [4.69, 9.17) is 0 Å². The molecule has 19 heavy (non-hydrogen) atoms. The summed E-state index contributed by atoms with van der Waals surface area (Å²) < 4.78 is 27.1. The fourth-order valence-electron chi connectivity index (χ4n) is 2.45. The number of fused-ring (bicyclic) bond motifs is 1. The summed E-state index contributed by atoms with van der Waals surface area (Å²) >= 11 is 0. The van der Waals surface area contributed by atoms with E-state index in [0.717, 1.165) is 25.8 Å². The van der Waals surface area contributed by atoms with E-state index in [1.54, 1.807) is 6.07 Å². The summed E-state index contributed by atoms with van der Waals surface area (Å²) in [4.78, 5) is 0.386. The molecule has 0 aliphatic heterocycles. The minimum absolute atomic E-state index is 0.134. The molecule has 106 valence electrons. The Labute approximate surface area is 115 Å². The molecule has 2 N–H and O–H groups in total. The van der Waals surface area contributed by atoms with Crippen molar-refractivity contribution in [3.63, 3.8) is 0 Å². The molecule has 0 bridgehead atoms. The molecule has 4 nitrogen and oxygen atoms in total. The van der Waals surface area contributed by atoms with Crippen molar-refractivity contribution >= 4 is 10.0 Å². The Hall–Kier alpha value is -0.910. The van der Waals surface area contributed by atoms with Gasteiger partial charge in [-0.3, -0.25) is 0 Å². The average molecular weight is 282 g/mol. The Balaban J connectivity index is 2.07. The number of nitrogens with one attached hydrogen (secondary N) is 2. The molecule has 2 rings (SSSR count). The standard InChI is InChI=1S/C14H22N2O2S/c1-3-15-11(2)10-16-19(17,18)14-8-7-12-5-4-6-13(12)9-14/h7-9,11,15-16H,3-6,10H2,1-2H3/t11-/m1/s1. The average Bonchev–Trinajstić information content (AvgIpc) is 2.84. The maximum absolute atomic E-state index is 12.2. The second kappa shape index (κ2) is 6.03. The van der Waals surface area contributed by atoms with Crippen molar-refractivity contribution in [2.75, 3.05) is 13.1 Å². The number of likely N-dealkylation sites (N-methyl/N-ethyl adjacent to an activating group) is 1. The summed E-state index contributed by atoms with van der Waals surface area (Å²) in [5.41, 5.74) is 2.47. The number of sulfonamides is 1. The molecule has 0 fully saturated rings. The summed E-state index contributed by atoms with van der Waals surface area (Å²) in [7, 11) is -3.39. The molecule has 1 atom stereocenters. The van der Waals surface area contributed by atoms with E-state index in [-0.39, 0.29) is 6.04 Å². The molecule has 1 aromatic carbocycles. The van der Waals surface area contributed by atoms with Gasteiger partial charge < -0.3 is 5.32 Å². The topological polar surface area (TPSA) is 58.2 Å². The molecule has 0 amide bonds. The van der Waals surface area contributed by atoms with Crippen LogP contribution in [0.15, 0.2) is 23.1 Å². The van der Waals surface area contributed by atoms with E-state index >= 15 is 0 Å². The molecule has 0 radical (unpaired) electrons. The van der Waals surface area contributed by atoms with Crippen molar-refractivity contribution in [1.82, 2.24) is 10.0 Å². The third-order valence-electron chi connectivity index (χ3n) is 3.51. The van der Waals surface area contributed by atoms with Gasteiger partial charge in [0.05, 0.1) is 4.90 Å². The second-order valence-corrected chi connectivity index (χ2v) is 6.86. The number of rotatable bonds is 6. The summed E-state index contributed by atoms with van der Waals surface area (Å²) in [6.07, 6.45) is 3.19. The fraction of sp³-hybridized carbons (Fsp3) is 0.571. The summed E-state index contributed by atoms with van der Waals surface area (Å²) in [6.45, 7) is 5.22. The van der Waals surface area contributed by atoms with Crippen LogP contribution in [0, 0.1) is 0 Å². The molecular formula is C14H22N2O2S. The van der Waals surface area contributed by atoms with Gasteiger partial charge in [-0.25, -0.2) is 13.1 Å². The molecule has 0 heterocycles. The van der Waals surface area contributed by atoms with E-state index < -0.39 is 10.0 Å². The quantitative estimate of drug-likeness (QED) is 0.830. The van der Waals surface area contributed by atoms with Crippen LogP contribution in [0.25, 0.3) is 0 Å². The summed E-state index contributed by atoms with van der Waals surface area (Å²) in [5.74, 6) is 0. The van der Waals surface area contributed by atoms with E-state index in [0.29, 0.717) is 11.4 Å². The SMILES string of the molecule is CCN[C@H](C)CNS(=O)(=O)c1ccc2c(c1)CCC2. The maximum atomic E-state index is 12.2. The Bertz CT molecular complexity index is 540. The van der Waals surface area contributed by atoms with Crippen molar-refractivity contribution in [2.24, 2.45) is 0 Å². The zero-order valence-corrected chi connectivity index (χ0v) is 12.4. The summed E-state index contributed by atoms with van der Waals surface area (Å²) in [5, 5.41) is 3.18. The lowest BCUT2D eigenvalue weighted by molar-refractivity contribution is 0.536. The van der Waals surface area contributed by atoms with E-state index in [1.807, 2.05) is 26.0 Å². The second-order valence-electron chi connectivity index (χ2n) is 5.09. The van der Waals surface area contributed by atoms with Gasteiger partial charge in [-0.2, -0.15) is 0 Å². The van der Waals surface area contributed by atoms with Gasteiger partial charge in [0.25, 0.3) is 0 Å². The third kappa shape index (κ3) is 3.55. The smallest absolute Gasteiger partial charge is 0.240 e. The maximum Gasteiger partial charge on any atom is 0.240 e. The lowest BCUT2D eigenvalue weighted by Gasteiger charge is -2.14. The molecule has 0 saturated carbocycles. The molecular weight excluding hydrogens is 260 g/mol. The van der Waals surface area contributed by atoms with Gasteiger partial charge in [0.1, 0.15) is 0 Å². The number of aryl methyl sites for hydroxylation is 2. The predicted octanol–water partition coefficient (Wildman–Crippen LogP) is 1.45. The van der Waals surface area contributed by atoms with Crippen molar-refractivity contribution in [3.8, 4) is 0 Å². The first kappa shape index (κ1) is 14.5. The van der Waals surface area contributed by atoms with Crippen LogP contribution in [0.1, 0.15) is 31.4 Å². The first-order valence-electron chi connectivity index (χ1n) is 6.88. The van der Waals surface area contributed by atoms with Gasteiger partial charge in [0.15, 0.2) is 0 Å². The zero-order valence-electron chi connectivity index (χ0n) is 11.6. The van der Waals surface area contributed by atoms with Crippen LogP contribution in [0.5, 0.6) is 0 Å². The Kier molecular flexibility index (Phi) is 4.60. The highest BCUT2D eigenvalue weighted by Crippen LogP contribution is 2.24. The van der Waals surface area contributed by atoms with Gasteiger partial charge in [0, 0.05) is 12.6 Å². The summed E-state index contributed by atoms with van der Waals surface area (Å²) in [6, 6.07) is 5.62. The van der Waals surface area contributed by atoms with Gasteiger partial charge in [-0.1, -0.05) is 13.0 Å². The minimum atomic E-state index is -3.39. The van der Waals surface area contributed by atoms with E-state index in [2.05, 4.69) is 10.0 Å². The molecule has 0 spiro atoms. The highest BCUT2D eigenvalue weighted by molar-refractivity contribution is 7.89. The minimum Gasteiger partial charge on any atom is -0.313 e. The third-order valence-corrected chi connectivity index (χ3v) is 4.93. The van der Waals surface area contributed by atoms with Crippen molar-refractivity contribution in [1.29, 1.82) is 0 Å². The van der Waals surface area contributed by atoms with Crippen LogP contribution in [0.4, 0.5) is 0 Å². The monoisotopic (exact) mass is 282 g/mol. The van der Waals surface area contributed by atoms with Gasteiger partial charge >= 0.3 is 0 Å². The van der Waals surface area contributed by atoms with Crippen LogP contribution in [-0.4, -0.2) is 27.5 Å². The highest BCUT2D eigenvalue weighted by atomic mass is 32.2. The van der Waals surface area contributed by atoms with Crippen LogP contribution in [-0.2, 0) is 22.9 Å². The van der Waals surface area contributed by atoms with Crippen LogP contribution in [0.2, 0.25) is 0 Å². The van der Waals surface area contributed by atoms with Crippen LogP contribution < -0.4 is 10.0 Å². The Morgan fingerprint density at radius 3 is 2.74 bits per heavy atom. The van der Waals surface area contributed by atoms with Crippen molar-refractivity contribution in [3.05, 3.63) is 29.3 Å². The molecule has 1 aliphatic carbocycles. The molecule has 0 aromatic heterocycles. The number of hydrogen-bond donors (Lipinski definition) is 2. The van der Waals surface area contributed by atoms with Gasteiger partial charge in [-0.15, -0.1) is 0 Å². The fourth-order valence-corrected chi connectivity index (χ4v) is 3.63. The zero-order chi connectivity index (χ0) is 13.9. The first-order chi connectivity index (χ1) is 9.03. The lowest BCUT2D eigenvalue weighted by atomic mass is 10.1. The normalized spacial score (nSPS) is 16.3. The Morgan fingerprint density at radius 2 is 2.00 bits per heavy atom. The predicted molar refractivity (Wildman–Crippen MR) is 76.8 cm³/mol. The number of hydrogen-bond acceptors (Lipinski definition) is 3. The first-order valence-corrected chi connectivity index (χ1v) is 8.36. The molecule has 5 heteroatoms. The molecule has 1 aromatic rings. The van der Waals surface area contributed by atoms with Crippen LogP contribution in [0.3, 0.4) is 0 Å². The van der Waals surface area contributed by atoms with Crippen LogP contribution >= 0.6 is 0 Å². The lowest BCUT2D eigenvalue weighted by Crippen LogP contribution is -2.38.